The number of nitrogens with one attached hydrogen (secondary N) is 2. The number of ether oxygens (including phenoxy) is 4. The van der Waals surface area contributed by atoms with Crippen LogP contribution in [0.4, 0.5) is 11.4 Å². The van der Waals surface area contributed by atoms with Crippen LogP contribution >= 0.6 is 0 Å². The van der Waals surface area contributed by atoms with Gasteiger partial charge in [0.25, 0.3) is 15.9 Å². The predicted octanol–water partition coefficient (Wildman–Crippen LogP) is 3.49. The second kappa shape index (κ2) is 8.67. The average molecular weight is 456 g/mol. The van der Waals surface area contributed by atoms with E-state index >= 15 is 0 Å². The van der Waals surface area contributed by atoms with E-state index in [0.717, 1.165) is 0 Å². The molecule has 0 saturated heterocycles. The fraction of sp³-hybridized carbons (Fsp3) is 0.136. The van der Waals surface area contributed by atoms with Crippen LogP contribution in [-0.4, -0.2) is 35.3 Å². The molecule has 1 heterocycles. The van der Waals surface area contributed by atoms with E-state index in [1.54, 1.807) is 36.4 Å². The Kier molecular flexibility index (Phi) is 5.78. The Balaban J connectivity index is 1.62. The molecule has 4 rings (SSSR count). The fourth-order valence-electron chi connectivity index (χ4n) is 3.14. The Morgan fingerprint density at radius 1 is 0.938 bits per heavy atom. The summed E-state index contributed by atoms with van der Waals surface area (Å²) in [5.41, 5.74) is 0.720. The Hall–Kier alpha value is -3.92. The minimum atomic E-state index is -4.10. The van der Waals surface area contributed by atoms with Gasteiger partial charge in [0, 0.05) is 17.8 Å². The number of anilines is 2. The van der Waals surface area contributed by atoms with E-state index in [1.165, 1.54) is 38.5 Å². The molecule has 0 unspecified atom stereocenters. The van der Waals surface area contributed by atoms with Gasteiger partial charge in [-0.1, -0.05) is 12.1 Å². The monoisotopic (exact) mass is 456 g/mol. The molecule has 0 fully saturated rings. The maximum Gasteiger partial charge on any atom is 0.265 e. The van der Waals surface area contributed by atoms with Crippen LogP contribution in [0.25, 0.3) is 0 Å². The molecule has 0 radical (unpaired) electrons. The standard InChI is InChI=1S/C22H20N2O7S/c1-28-15-8-10-19(29-2)21(12-15)32(26,27)24-17-6-4-3-5-16(17)22(25)23-14-7-9-18-20(11-14)31-13-30-18/h3-12,24H,13H2,1-2H3,(H,23,25). The lowest BCUT2D eigenvalue weighted by molar-refractivity contribution is 0.102. The lowest BCUT2D eigenvalue weighted by Crippen LogP contribution is -2.19. The Labute approximate surface area is 184 Å². The molecule has 3 aromatic carbocycles. The molecule has 0 saturated carbocycles. The van der Waals surface area contributed by atoms with Gasteiger partial charge in [-0.2, -0.15) is 0 Å². The topological polar surface area (TPSA) is 112 Å². The van der Waals surface area contributed by atoms with E-state index < -0.39 is 15.9 Å². The van der Waals surface area contributed by atoms with E-state index in [1.807, 2.05) is 0 Å². The van der Waals surface area contributed by atoms with Crippen LogP contribution in [0.3, 0.4) is 0 Å². The third kappa shape index (κ3) is 4.26. The number of para-hydroxylation sites is 1. The lowest BCUT2D eigenvalue weighted by atomic mass is 10.1. The molecular weight excluding hydrogens is 436 g/mol. The predicted molar refractivity (Wildman–Crippen MR) is 117 cm³/mol. The largest absolute Gasteiger partial charge is 0.497 e. The molecule has 0 aromatic heterocycles. The number of fused-ring (bicyclic) bond motifs is 1. The Morgan fingerprint density at radius 2 is 1.72 bits per heavy atom. The second-order valence-corrected chi connectivity index (χ2v) is 8.34. The highest BCUT2D eigenvalue weighted by Gasteiger charge is 2.23. The highest BCUT2D eigenvalue weighted by atomic mass is 32.2. The van der Waals surface area contributed by atoms with Gasteiger partial charge < -0.3 is 24.3 Å². The Morgan fingerprint density at radius 3 is 2.50 bits per heavy atom. The first-order valence-corrected chi connectivity index (χ1v) is 10.9. The van der Waals surface area contributed by atoms with Gasteiger partial charge in [0.15, 0.2) is 11.5 Å². The van der Waals surface area contributed by atoms with Crippen molar-refractivity contribution >= 4 is 27.3 Å². The maximum atomic E-state index is 13.1. The van der Waals surface area contributed by atoms with Crippen molar-refractivity contribution in [2.24, 2.45) is 0 Å². The van der Waals surface area contributed by atoms with Crippen LogP contribution in [-0.2, 0) is 10.0 Å². The quantitative estimate of drug-likeness (QED) is 0.560. The molecule has 10 heteroatoms. The Bertz CT molecular complexity index is 1280. The van der Waals surface area contributed by atoms with E-state index in [0.29, 0.717) is 22.9 Å². The third-order valence-corrected chi connectivity index (χ3v) is 6.09. The number of hydrogen-bond donors (Lipinski definition) is 2. The van der Waals surface area contributed by atoms with E-state index in [9.17, 15) is 13.2 Å². The molecule has 1 aliphatic heterocycles. The molecule has 1 aliphatic rings. The van der Waals surface area contributed by atoms with Gasteiger partial charge in [-0.25, -0.2) is 8.42 Å². The second-order valence-electron chi connectivity index (χ2n) is 6.69. The zero-order valence-electron chi connectivity index (χ0n) is 17.2. The van der Waals surface area contributed by atoms with Crippen molar-refractivity contribution in [1.82, 2.24) is 0 Å². The van der Waals surface area contributed by atoms with Gasteiger partial charge in [0.1, 0.15) is 16.4 Å². The number of hydrogen-bond acceptors (Lipinski definition) is 7. The highest BCUT2D eigenvalue weighted by molar-refractivity contribution is 7.92. The van der Waals surface area contributed by atoms with Crippen molar-refractivity contribution in [2.75, 3.05) is 31.1 Å². The summed E-state index contributed by atoms with van der Waals surface area (Å²) in [6, 6.07) is 15.7. The molecule has 9 nitrogen and oxygen atoms in total. The zero-order chi connectivity index (χ0) is 22.7. The van der Waals surface area contributed by atoms with Gasteiger partial charge in [0.05, 0.1) is 25.5 Å². The van der Waals surface area contributed by atoms with Gasteiger partial charge >= 0.3 is 0 Å². The number of sulfonamides is 1. The zero-order valence-corrected chi connectivity index (χ0v) is 18.1. The van der Waals surface area contributed by atoms with Crippen molar-refractivity contribution in [3.63, 3.8) is 0 Å². The van der Waals surface area contributed by atoms with Crippen molar-refractivity contribution in [2.45, 2.75) is 4.90 Å². The van der Waals surface area contributed by atoms with Crippen molar-refractivity contribution in [3.05, 3.63) is 66.2 Å². The molecule has 0 bridgehead atoms. The summed E-state index contributed by atoms with van der Waals surface area (Å²) in [5, 5.41) is 2.74. The summed E-state index contributed by atoms with van der Waals surface area (Å²) < 4.78 is 49.6. The van der Waals surface area contributed by atoms with E-state index in [4.69, 9.17) is 18.9 Å². The first-order valence-electron chi connectivity index (χ1n) is 9.46. The molecule has 32 heavy (non-hydrogen) atoms. The molecule has 2 N–H and O–H groups in total. The summed E-state index contributed by atoms with van der Waals surface area (Å²) >= 11 is 0. The smallest absolute Gasteiger partial charge is 0.265 e. The summed E-state index contributed by atoms with van der Waals surface area (Å²) in [7, 11) is -1.30. The van der Waals surface area contributed by atoms with Crippen molar-refractivity contribution < 1.29 is 32.2 Å². The summed E-state index contributed by atoms with van der Waals surface area (Å²) in [6.45, 7) is 0.116. The molecule has 1 amide bonds. The molecule has 0 aliphatic carbocycles. The number of methoxy groups -OCH3 is 2. The van der Waals surface area contributed by atoms with Gasteiger partial charge in [-0.3, -0.25) is 9.52 Å². The van der Waals surface area contributed by atoms with E-state index in [2.05, 4.69) is 10.0 Å². The first-order chi connectivity index (χ1) is 15.4. The normalized spacial score (nSPS) is 12.2. The third-order valence-electron chi connectivity index (χ3n) is 4.71. The van der Waals surface area contributed by atoms with Crippen LogP contribution in [0.1, 0.15) is 10.4 Å². The number of carbonyl (C=O) groups is 1. The van der Waals surface area contributed by atoms with Crippen LogP contribution in [0, 0.1) is 0 Å². The number of rotatable bonds is 7. The van der Waals surface area contributed by atoms with Crippen LogP contribution in [0.15, 0.2) is 65.6 Å². The molecule has 0 atom stereocenters. The van der Waals surface area contributed by atoms with Crippen molar-refractivity contribution in [3.8, 4) is 23.0 Å². The van der Waals surface area contributed by atoms with Crippen LogP contribution in [0.2, 0.25) is 0 Å². The highest BCUT2D eigenvalue weighted by Crippen LogP contribution is 2.35. The van der Waals surface area contributed by atoms with Crippen LogP contribution in [0.5, 0.6) is 23.0 Å². The van der Waals surface area contributed by atoms with Crippen LogP contribution < -0.4 is 29.0 Å². The number of carbonyl (C=O) groups excluding carboxylic acids is 1. The number of benzene rings is 3. The van der Waals surface area contributed by atoms with Gasteiger partial charge in [0.2, 0.25) is 6.79 Å². The van der Waals surface area contributed by atoms with Gasteiger partial charge in [-0.15, -0.1) is 0 Å². The average Bonchev–Trinajstić information content (AvgIpc) is 3.26. The molecular formula is C22H20N2O7S. The SMILES string of the molecule is COc1ccc(OC)c(S(=O)(=O)Nc2ccccc2C(=O)Nc2ccc3c(c2)OCO3)c1. The van der Waals surface area contributed by atoms with E-state index in [-0.39, 0.29) is 28.7 Å². The number of amides is 1. The first kappa shape index (κ1) is 21.3. The molecule has 166 valence electrons. The van der Waals surface area contributed by atoms with Gasteiger partial charge in [-0.05, 0) is 36.4 Å². The maximum absolute atomic E-state index is 13.1. The lowest BCUT2D eigenvalue weighted by Gasteiger charge is -2.15. The minimum absolute atomic E-state index is 0.107. The summed E-state index contributed by atoms with van der Waals surface area (Å²) in [6.07, 6.45) is 0. The fourth-order valence-corrected chi connectivity index (χ4v) is 4.40. The molecule has 3 aromatic rings. The van der Waals surface area contributed by atoms with Crippen molar-refractivity contribution in [1.29, 1.82) is 0 Å². The molecule has 0 spiro atoms. The summed E-state index contributed by atoms with van der Waals surface area (Å²) in [5.74, 6) is 1.09. The summed E-state index contributed by atoms with van der Waals surface area (Å²) in [4.78, 5) is 12.8. The minimum Gasteiger partial charge on any atom is -0.497 e.